The van der Waals surface area contributed by atoms with Crippen LogP contribution in [-0.4, -0.2) is 58.0 Å². The zero-order chi connectivity index (χ0) is 24.7. The first-order chi connectivity index (χ1) is 16.3. The molecule has 184 valence electrons. The summed E-state index contributed by atoms with van der Waals surface area (Å²) in [6.45, 7) is 3.10. The van der Waals surface area contributed by atoms with E-state index in [1.807, 2.05) is 30.3 Å². The molecular weight excluding hydrogens is 454 g/mol. The van der Waals surface area contributed by atoms with Crippen molar-refractivity contribution in [1.82, 2.24) is 0 Å². The van der Waals surface area contributed by atoms with Crippen LogP contribution in [0.4, 0.5) is 17.1 Å². The topological polar surface area (TPSA) is 126 Å². The van der Waals surface area contributed by atoms with E-state index in [4.69, 9.17) is 10.00 Å². The normalized spacial score (nSPS) is 17.4. The fraction of sp³-hybridized carbons (Fsp3) is 0.440. The molecule has 9 heteroatoms. The number of benzene rings is 2. The molecule has 1 fully saturated rings. The van der Waals surface area contributed by atoms with Gasteiger partial charge in [0, 0.05) is 42.8 Å². The molecule has 0 spiro atoms. The number of carboxylic acids is 1. The van der Waals surface area contributed by atoms with E-state index in [2.05, 4.69) is 23.2 Å². The fourth-order valence-electron chi connectivity index (χ4n) is 4.46. The van der Waals surface area contributed by atoms with Crippen LogP contribution in [0.2, 0.25) is 0 Å². The molecule has 1 heterocycles. The van der Waals surface area contributed by atoms with Gasteiger partial charge in [0.15, 0.2) is 0 Å². The summed E-state index contributed by atoms with van der Waals surface area (Å²) in [7, 11) is -0.918. The van der Waals surface area contributed by atoms with Crippen molar-refractivity contribution >= 4 is 33.6 Å². The second-order valence-electron chi connectivity index (χ2n) is 8.57. The van der Waals surface area contributed by atoms with Crippen molar-refractivity contribution in [2.24, 2.45) is 0 Å². The van der Waals surface area contributed by atoms with E-state index < -0.39 is 16.6 Å². The van der Waals surface area contributed by atoms with E-state index in [0.29, 0.717) is 36.5 Å². The molecule has 34 heavy (non-hydrogen) atoms. The molecule has 2 aromatic rings. The molecule has 0 aliphatic carbocycles. The predicted octanol–water partition coefficient (Wildman–Crippen LogP) is 5.25. The highest BCUT2D eigenvalue weighted by molar-refractivity contribution is 8.24. The molecule has 4 N–H and O–H groups in total. The second-order valence-corrected chi connectivity index (χ2v) is 11.0. The van der Waals surface area contributed by atoms with Gasteiger partial charge in [0.2, 0.25) is 0 Å². The maximum absolute atomic E-state index is 11.4. The highest BCUT2D eigenvalue weighted by Gasteiger charge is 2.29. The molecule has 8 nitrogen and oxygen atoms in total. The van der Waals surface area contributed by atoms with E-state index in [1.54, 1.807) is 19.2 Å². The molecule has 1 atom stereocenters. The second kappa shape index (κ2) is 11.6. The van der Waals surface area contributed by atoms with Crippen molar-refractivity contribution in [3.63, 3.8) is 0 Å². The lowest BCUT2D eigenvalue weighted by Gasteiger charge is -2.44. The third kappa shape index (κ3) is 6.64. The minimum absolute atomic E-state index is 0.0402. The number of aliphatic carboxylic acids is 1. The Kier molecular flexibility index (Phi) is 8.80. The van der Waals surface area contributed by atoms with Crippen LogP contribution < -0.4 is 10.2 Å². The monoisotopic (exact) mass is 487 g/mol. The Morgan fingerprint density at radius 2 is 1.91 bits per heavy atom. The highest BCUT2D eigenvalue weighted by Crippen LogP contribution is 2.46. The fourth-order valence-corrected chi connectivity index (χ4v) is 5.96. The Hall–Kier alpha value is -2.77. The number of nitriles is 1. The highest BCUT2D eigenvalue weighted by atomic mass is 32.3. The van der Waals surface area contributed by atoms with Crippen LogP contribution in [0.15, 0.2) is 42.5 Å². The number of hydrogen-bond donors (Lipinski definition) is 4. The number of hydrogen-bond acceptors (Lipinski definition) is 7. The van der Waals surface area contributed by atoms with E-state index in [9.17, 15) is 19.0 Å². The van der Waals surface area contributed by atoms with Gasteiger partial charge < -0.3 is 20.1 Å². The molecule has 1 saturated heterocycles. The number of nitrogens with zero attached hydrogens (tertiary/aromatic N) is 2. The quantitative estimate of drug-likeness (QED) is 0.358. The molecule has 0 amide bonds. The van der Waals surface area contributed by atoms with Crippen LogP contribution in [0, 0.1) is 11.3 Å². The Labute approximate surface area is 202 Å². The lowest BCUT2D eigenvalue weighted by atomic mass is 9.95. The third-order valence-corrected chi connectivity index (χ3v) is 8.00. The zero-order valence-electron chi connectivity index (χ0n) is 19.6. The maximum atomic E-state index is 11.4. The van der Waals surface area contributed by atoms with E-state index in [1.165, 1.54) is 0 Å². The number of nitrogens with one attached hydrogen (secondary N) is 1. The lowest BCUT2D eigenvalue weighted by Crippen LogP contribution is -2.40. The Morgan fingerprint density at radius 3 is 2.47 bits per heavy atom. The van der Waals surface area contributed by atoms with Crippen LogP contribution in [0.1, 0.15) is 43.2 Å². The first-order valence-corrected chi connectivity index (χ1v) is 13.3. The standard InChI is InChI=1S/C25H33N3O5S/c1-3-28(22-10-12-34(31,32)13-11-22)24-9-6-19(20(17-33-2)15-25(29)30)14-23(24)27-21-7-4-18(16-26)5-8-21/h4-9,14,20,22,27,31-32H,3,10-13,15,17H2,1-2H3,(H,29,30). The minimum Gasteiger partial charge on any atom is -0.481 e. The van der Waals surface area contributed by atoms with Crippen molar-refractivity contribution in [3.8, 4) is 6.07 Å². The Balaban J connectivity index is 1.98. The van der Waals surface area contributed by atoms with E-state index >= 15 is 0 Å². The number of anilines is 3. The van der Waals surface area contributed by atoms with Gasteiger partial charge >= 0.3 is 5.97 Å². The van der Waals surface area contributed by atoms with Crippen LogP contribution in [0.3, 0.4) is 0 Å². The van der Waals surface area contributed by atoms with Crippen LogP contribution >= 0.6 is 10.6 Å². The summed E-state index contributed by atoms with van der Waals surface area (Å²) in [5, 5.41) is 21.9. The van der Waals surface area contributed by atoms with Gasteiger partial charge in [-0.1, -0.05) is 6.07 Å². The number of carboxylic acid groups (broad SMARTS) is 1. The third-order valence-electron chi connectivity index (χ3n) is 6.22. The maximum Gasteiger partial charge on any atom is 0.304 e. The van der Waals surface area contributed by atoms with Crippen molar-refractivity contribution in [3.05, 3.63) is 53.6 Å². The first-order valence-electron chi connectivity index (χ1n) is 11.4. The van der Waals surface area contributed by atoms with E-state index in [0.717, 1.165) is 29.2 Å². The summed E-state index contributed by atoms with van der Waals surface area (Å²) in [6, 6.07) is 15.4. The number of methoxy groups -OCH3 is 1. The molecule has 0 bridgehead atoms. The first kappa shape index (κ1) is 25.8. The van der Waals surface area contributed by atoms with Gasteiger partial charge in [-0.2, -0.15) is 15.9 Å². The molecule has 3 rings (SSSR count). The molecule has 1 unspecified atom stereocenters. The summed E-state index contributed by atoms with van der Waals surface area (Å²) >= 11 is 0. The zero-order valence-corrected chi connectivity index (χ0v) is 20.4. The van der Waals surface area contributed by atoms with Crippen molar-refractivity contribution in [2.45, 2.75) is 38.1 Å². The van der Waals surface area contributed by atoms with Crippen molar-refractivity contribution in [2.75, 3.05) is 42.0 Å². The average Bonchev–Trinajstić information content (AvgIpc) is 2.81. The summed E-state index contributed by atoms with van der Waals surface area (Å²) < 4.78 is 25.4. The van der Waals surface area contributed by atoms with Gasteiger partial charge in [0.1, 0.15) is 0 Å². The summed E-state index contributed by atoms with van der Waals surface area (Å²) in [4.78, 5) is 13.7. The van der Waals surface area contributed by atoms with Gasteiger partial charge in [-0.3, -0.25) is 13.9 Å². The molecule has 0 saturated carbocycles. The number of carbonyl (C=O) groups is 1. The number of ether oxygens (including phenoxy) is 1. The van der Waals surface area contributed by atoms with Crippen LogP contribution in [-0.2, 0) is 9.53 Å². The largest absolute Gasteiger partial charge is 0.481 e. The SMILES string of the molecule is CCN(c1ccc(C(COC)CC(=O)O)cc1Nc1ccc(C#N)cc1)C1CCS(O)(O)CC1. The van der Waals surface area contributed by atoms with Crippen molar-refractivity contribution < 1.29 is 23.7 Å². The predicted molar refractivity (Wildman–Crippen MR) is 136 cm³/mol. The average molecular weight is 488 g/mol. The van der Waals surface area contributed by atoms with Crippen LogP contribution in [0.5, 0.6) is 0 Å². The smallest absolute Gasteiger partial charge is 0.304 e. The van der Waals surface area contributed by atoms with Gasteiger partial charge in [0.05, 0.1) is 36.0 Å². The Bertz CT molecular complexity index is 1010. The summed E-state index contributed by atoms with van der Waals surface area (Å²) in [5.41, 5.74) is 4.03. The van der Waals surface area contributed by atoms with Gasteiger partial charge in [-0.05, 0) is 61.7 Å². The molecule has 0 aromatic heterocycles. The molecule has 0 radical (unpaired) electrons. The molecule has 1 aliphatic heterocycles. The molecular formula is C25H33N3O5S. The van der Waals surface area contributed by atoms with E-state index in [-0.39, 0.29) is 18.4 Å². The molecule has 2 aromatic carbocycles. The van der Waals surface area contributed by atoms with Gasteiger partial charge in [0.25, 0.3) is 0 Å². The number of rotatable bonds is 10. The Morgan fingerprint density at radius 1 is 1.24 bits per heavy atom. The van der Waals surface area contributed by atoms with Gasteiger partial charge in [-0.25, -0.2) is 0 Å². The minimum atomic E-state index is -2.48. The lowest BCUT2D eigenvalue weighted by molar-refractivity contribution is -0.137. The van der Waals surface area contributed by atoms with Crippen LogP contribution in [0.25, 0.3) is 0 Å². The summed E-state index contributed by atoms with van der Waals surface area (Å²) in [6.07, 6.45) is 1.35. The van der Waals surface area contributed by atoms with Gasteiger partial charge in [-0.15, -0.1) is 0 Å². The van der Waals surface area contributed by atoms with Crippen molar-refractivity contribution in [1.29, 1.82) is 5.26 Å². The summed E-state index contributed by atoms with van der Waals surface area (Å²) in [5.74, 6) is -0.377. The molecule has 1 aliphatic rings.